The van der Waals surface area contributed by atoms with Gasteiger partial charge in [-0.05, 0) is 42.4 Å². The van der Waals surface area contributed by atoms with Crippen LogP contribution in [0.1, 0.15) is 32.3 Å². The van der Waals surface area contributed by atoms with Gasteiger partial charge in [-0.1, -0.05) is 37.6 Å². The number of sulfone groups is 1. The molecule has 0 radical (unpaired) electrons. The van der Waals surface area contributed by atoms with Gasteiger partial charge in [0.05, 0.1) is 5.75 Å². The van der Waals surface area contributed by atoms with Crippen LogP contribution >= 0.6 is 35.6 Å². The zero-order chi connectivity index (χ0) is 19.4. The van der Waals surface area contributed by atoms with Crippen molar-refractivity contribution in [2.24, 2.45) is 15.8 Å². The van der Waals surface area contributed by atoms with E-state index in [1.165, 1.54) is 11.8 Å². The van der Waals surface area contributed by atoms with E-state index in [4.69, 9.17) is 11.6 Å². The lowest BCUT2D eigenvalue weighted by atomic mass is 9.86. The second-order valence-electron chi connectivity index (χ2n) is 8.32. The van der Waals surface area contributed by atoms with Crippen molar-refractivity contribution in [3.8, 4) is 0 Å². The van der Waals surface area contributed by atoms with Crippen molar-refractivity contribution >= 4 is 51.4 Å². The number of guanidine groups is 1. The van der Waals surface area contributed by atoms with Crippen molar-refractivity contribution in [1.29, 1.82) is 0 Å². The highest BCUT2D eigenvalue weighted by Crippen LogP contribution is 2.46. The lowest BCUT2D eigenvalue weighted by Gasteiger charge is -2.27. The Bertz CT molecular complexity index is 762. The fourth-order valence-electron chi connectivity index (χ4n) is 3.18. The van der Waals surface area contributed by atoms with Crippen molar-refractivity contribution in [1.82, 2.24) is 10.6 Å². The highest BCUT2D eigenvalue weighted by atomic mass is 127. The molecule has 0 amide bonds. The molecule has 1 fully saturated rings. The van der Waals surface area contributed by atoms with Gasteiger partial charge < -0.3 is 10.6 Å². The average Bonchev–Trinajstić information content (AvgIpc) is 3.24. The average molecular weight is 528 g/mol. The molecular weight excluding hydrogens is 497 g/mol. The molecule has 1 aromatic rings. The van der Waals surface area contributed by atoms with E-state index in [2.05, 4.69) is 35.5 Å². The Morgan fingerprint density at radius 3 is 2.48 bits per heavy atom. The Morgan fingerprint density at radius 1 is 1.30 bits per heavy atom. The Labute approximate surface area is 185 Å². The third kappa shape index (κ3) is 9.00. The normalized spacial score (nSPS) is 16.4. The van der Waals surface area contributed by atoms with E-state index in [1.54, 1.807) is 7.05 Å². The number of aliphatic imine (C=N–C) groups is 1. The first-order valence-corrected chi connectivity index (χ1v) is 11.3. The maximum atomic E-state index is 11.6. The molecule has 8 heteroatoms. The van der Waals surface area contributed by atoms with Crippen molar-refractivity contribution < 1.29 is 8.42 Å². The maximum Gasteiger partial charge on any atom is 0.191 e. The molecule has 1 aliphatic rings. The van der Waals surface area contributed by atoms with Crippen molar-refractivity contribution in [2.75, 3.05) is 32.1 Å². The number of nitrogens with zero attached hydrogens (tertiary/aromatic N) is 1. The van der Waals surface area contributed by atoms with Gasteiger partial charge in [-0.25, -0.2) is 8.42 Å². The minimum Gasteiger partial charge on any atom is -0.356 e. The van der Waals surface area contributed by atoms with Crippen LogP contribution in [0.4, 0.5) is 0 Å². The summed E-state index contributed by atoms with van der Waals surface area (Å²) in [6.45, 7) is 5.77. The molecule has 1 aromatic carbocycles. The summed E-state index contributed by atoms with van der Waals surface area (Å²) in [7, 11) is -1.23. The smallest absolute Gasteiger partial charge is 0.191 e. The minimum absolute atomic E-state index is 0. The summed E-state index contributed by atoms with van der Waals surface area (Å²) in [5, 5.41) is 7.41. The van der Waals surface area contributed by atoms with Gasteiger partial charge in [0, 0.05) is 36.8 Å². The number of nitrogens with one attached hydrogen (secondary N) is 2. The number of hydrogen-bond acceptors (Lipinski definition) is 3. The molecule has 0 atom stereocenters. The van der Waals surface area contributed by atoms with Crippen LogP contribution in [0.25, 0.3) is 0 Å². The van der Waals surface area contributed by atoms with Crippen LogP contribution in [-0.2, 0) is 16.3 Å². The topological polar surface area (TPSA) is 70.6 Å². The summed E-state index contributed by atoms with van der Waals surface area (Å²) >= 11 is 6.07. The summed E-state index contributed by atoms with van der Waals surface area (Å²) in [6.07, 6.45) is 4.10. The van der Waals surface area contributed by atoms with Crippen molar-refractivity contribution in [3.63, 3.8) is 0 Å². The van der Waals surface area contributed by atoms with Gasteiger partial charge in [-0.15, -0.1) is 24.0 Å². The van der Waals surface area contributed by atoms with Gasteiger partial charge in [0.1, 0.15) is 9.84 Å². The van der Waals surface area contributed by atoms with Gasteiger partial charge in [-0.3, -0.25) is 4.99 Å². The summed E-state index contributed by atoms with van der Waals surface area (Å²) in [5.41, 5.74) is 1.10. The van der Waals surface area contributed by atoms with E-state index in [1.807, 2.05) is 18.2 Å². The highest BCUT2D eigenvalue weighted by molar-refractivity contribution is 14.0. The van der Waals surface area contributed by atoms with Crippen LogP contribution in [0.3, 0.4) is 0 Å². The Hall–Kier alpha value is -0.540. The fraction of sp³-hybridized carbons (Fsp3) is 0.632. The number of halogens is 2. The van der Waals surface area contributed by atoms with E-state index >= 15 is 0 Å². The monoisotopic (exact) mass is 527 g/mol. The van der Waals surface area contributed by atoms with E-state index in [0.717, 1.165) is 30.8 Å². The van der Waals surface area contributed by atoms with Gasteiger partial charge in [0.15, 0.2) is 5.96 Å². The van der Waals surface area contributed by atoms with E-state index < -0.39 is 9.84 Å². The second kappa shape index (κ2) is 9.78. The molecule has 1 saturated carbocycles. The van der Waals surface area contributed by atoms with Crippen LogP contribution in [0, 0.1) is 10.8 Å². The molecule has 0 unspecified atom stereocenters. The maximum absolute atomic E-state index is 11.6. The first-order chi connectivity index (χ1) is 12.0. The van der Waals surface area contributed by atoms with Gasteiger partial charge >= 0.3 is 0 Å². The van der Waals surface area contributed by atoms with E-state index in [0.29, 0.717) is 12.5 Å². The summed E-state index contributed by atoms with van der Waals surface area (Å²) < 4.78 is 23.1. The summed E-state index contributed by atoms with van der Waals surface area (Å²) in [6, 6.07) is 7.94. The standard InChI is InChI=1S/C19H30ClN3O2S.HI/c1-18(2,11-15-6-5-7-16(20)10-15)12-22-17(21-3)23-13-19(8-9-19)14-26(4,24)25;/h5-7,10H,8-9,11-14H2,1-4H3,(H2,21,22,23);1H. The zero-order valence-corrected chi connectivity index (χ0v) is 20.4. The number of rotatable bonds is 8. The van der Waals surface area contributed by atoms with E-state index in [9.17, 15) is 8.42 Å². The SMILES string of the molecule is CN=C(NCC(C)(C)Cc1cccc(Cl)c1)NCC1(CS(C)(=O)=O)CC1.I. The molecule has 0 aliphatic heterocycles. The molecule has 0 spiro atoms. The second-order valence-corrected chi connectivity index (χ2v) is 10.9. The molecule has 2 N–H and O–H groups in total. The van der Waals surface area contributed by atoms with Crippen LogP contribution in [0.2, 0.25) is 5.02 Å². The largest absolute Gasteiger partial charge is 0.356 e. The number of hydrogen-bond donors (Lipinski definition) is 2. The molecule has 0 aromatic heterocycles. The van der Waals surface area contributed by atoms with Gasteiger partial charge in [-0.2, -0.15) is 0 Å². The van der Waals surface area contributed by atoms with Crippen LogP contribution in [0.5, 0.6) is 0 Å². The molecule has 1 aliphatic carbocycles. The van der Waals surface area contributed by atoms with E-state index in [-0.39, 0.29) is 40.6 Å². The highest BCUT2D eigenvalue weighted by Gasteiger charge is 2.45. The summed E-state index contributed by atoms with van der Waals surface area (Å²) in [4.78, 5) is 4.26. The minimum atomic E-state index is -2.96. The Kier molecular flexibility index (Phi) is 8.88. The molecule has 0 saturated heterocycles. The Morgan fingerprint density at radius 2 is 1.96 bits per heavy atom. The molecule has 5 nitrogen and oxygen atoms in total. The first kappa shape index (κ1) is 24.5. The molecule has 2 rings (SSSR count). The predicted molar refractivity (Wildman–Crippen MR) is 125 cm³/mol. The van der Waals surface area contributed by atoms with Crippen LogP contribution < -0.4 is 10.6 Å². The lowest BCUT2D eigenvalue weighted by molar-refractivity contribution is 0.358. The summed E-state index contributed by atoms with van der Waals surface area (Å²) in [5.74, 6) is 0.952. The van der Waals surface area contributed by atoms with Crippen molar-refractivity contribution in [3.05, 3.63) is 34.9 Å². The molecule has 0 heterocycles. The quantitative estimate of drug-likeness (QED) is 0.308. The third-order valence-corrected chi connectivity index (χ3v) is 6.06. The predicted octanol–water partition coefficient (Wildman–Crippen LogP) is 3.52. The molecule has 154 valence electrons. The lowest BCUT2D eigenvalue weighted by Crippen LogP contribution is -2.45. The van der Waals surface area contributed by atoms with Gasteiger partial charge in [0.25, 0.3) is 0 Å². The van der Waals surface area contributed by atoms with Gasteiger partial charge in [0.2, 0.25) is 0 Å². The first-order valence-electron chi connectivity index (χ1n) is 8.89. The number of benzene rings is 1. The zero-order valence-electron chi connectivity index (χ0n) is 16.5. The molecule has 27 heavy (non-hydrogen) atoms. The van der Waals surface area contributed by atoms with Crippen molar-refractivity contribution in [2.45, 2.75) is 33.1 Å². The fourth-order valence-corrected chi connectivity index (χ4v) is 4.90. The third-order valence-electron chi connectivity index (χ3n) is 4.69. The van der Waals surface area contributed by atoms with Crippen LogP contribution in [-0.4, -0.2) is 46.5 Å². The molecule has 0 bridgehead atoms. The molecular formula is C19H31ClIN3O2S. The van der Waals surface area contributed by atoms with Crippen LogP contribution in [0.15, 0.2) is 29.3 Å². The Balaban J connectivity index is 0.00000364.